The number of ether oxygens (including phenoxy) is 1. The Balaban J connectivity index is 1.55. The lowest BCUT2D eigenvalue weighted by molar-refractivity contribution is -0.149. The van der Waals surface area contributed by atoms with Gasteiger partial charge in [-0.1, -0.05) is 35.5 Å². The maximum atomic E-state index is 11.9. The van der Waals surface area contributed by atoms with E-state index in [9.17, 15) is 9.59 Å². The predicted molar refractivity (Wildman–Crippen MR) is 76.0 cm³/mol. The number of aromatic nitrogens is 1. The average molecular weight is 301 g/mol. The van der Waals surface area contributed by atoms with Crippen molar-refractivity contribution in [2.75, 3.05) is 0 Å². The molecular weight excluding hydrogens is 286 g/mol. The second-order valence-electron chi connectivity index (χ2n) is 4.94. The fraction of sp³-hybridized carbons (Fsp3) is 0.267. The van der Waals surface area contributed by atoms with Gasteiger partial charge in [-0.05, 0) is 6.42 Å². The van der Waals surface area contributed by atoms with Gasteiger partial charge in [-0.2, -0.15) is 0 Å². The van der Waals surface area contributed by atoms with Crippen LogP contribution in [0.1, 0.15) is 18.5 Å². The van der Waals surface area contributed by atoms with Crippen LogP contribution in [0.2, 0.25) is 0 Å². The Morgan fingerprint density at radius 1 is 1.36 bits per heavy atom. The summed E-state index contributed by atoms with van der Waals surface area (Å²) in [6.45, 7) is 0.0291. The minimum atomic E-state index is -0.529. The Bertz CT molecular complexity index is 658. The molecule has 1 aliphatic heterocycles. The Labute approximate surface area is 126 Å². The molecule has 0 radical (unpaired) electrons. The molecule has 1 atom stereocenters. The predicted octanol–water partition coefficient (Wildman–Crippen LogP) is 1.17. The molecule has 0 spiro atoms. The maximum Gasteiger partial charge on any atom is 0.325 e. The van der Waals surface area contributed by atoms with Crippen molar-refractivity contribution >= 4 is 11.9 Å². The van der Waals surface area contributed by atoms with E-state index < -0.39 is 12.0 Å². The number of amides is 1. The number of esters is 1. The molecule has 1 aromatic carbocycles. The van der Waals surface area contributed by atoms with Gasteiger partial charge in [0.1, 0.15) is 18.3 Å². The third-order valence-electron chi connectivity index (χ3n) is 3.31. The molecule has 22 heavy (non-hydrogen) atoms. The molecule has 2 N–H and O–H groups in total. The third-order valence-corrected chi connectivity index (χ3v) is 3.31. The van der Waals surface area contributed by atoms with E-state index in [1.165, 1.54) is 0 Å². The number of nitrogens with zero attached hydrogens (tertiary/aromatic N) is 1. The molecule has 3 rings (SSSR count). The van der Waals surface area contributed by atoms with E-state index in [0.29, 0.717) is 24.3 Å². The number of benzene rings is 1. The van der Waals surface area contributed by atoms with Crippen molar-refractivity contribution < 1.29 is 18.8 Å². The SMILES string of the molecule is O=C1CCC(C(=O)OCc2cc(-c3ccccc3)on2)NN1. The van der Waals surface area contributed by atoms with Crippen LogP contribution in [0.4, 0.5) is 0 Å². The smallest absolute Gasteiger partial charge is 0.325 e. The first-order chi connectivity index (χ1) is 10.7. The van der Waals surface area contributed by atoms with E-state index in [4.69, 9.17) is 9.26 Å². The van der Waals surface area contributed by atoms with E-state index in [0.717, 1.165) is 5.56 Å². The van der Waals surface area contributed by atoms with Gasteiger partial charge < -0.3 is 9.26 Å². The van der Waals surface area contributed by atoms with Crippen molar-refractivity contribution in [2.24, 2.45) is 0 Å². The first-order valence-corrected chi connectivity index (χ1v) is 6.94. The van der Waals surface area contributed by atoms with Crippen molar-refractivity contribution in [3.8, 4) is 11.3 Å². The number of rotatable bonds is 4. The molecule has 1 amide bonds. The molecular formula is C15H15N3O4. The van der Waals surface area contributed by atoms with Crippen molar-refractivity contribution in [3.05, 3.63) is 42.1 Å². The molecule has 7 heteroatoms. The molecule has 7 nitrogen and oxygen atoms in total. The van der Waals surface area contributed by atoms with Gasteiger partial charge in [-0.25, -0.2) is 5.43 Å². The van der Waals surface area contributed by atoms with E-state index in [1.54, 1.807) is 6.07 Å². The van der Waals surface area contributed by atoms with Gasteiger partial charge in [0.2, 0.25) is 5.91 Å². The zero-order valence-corrected chi connectivity index (χ0v) is 11.7. The quantitative estimate of drug-likeness (QED) is 0.823. The van der Waals surface area contributed by atoms with Gasteiger partial charge >= 0.3 is 5.97 Å². The molecule has 1 aromatic heterocycles. The standard InChI is InChI=1S/C15H15N3O4/c19-14-7-6-12(16-17-14)15(20)21-9-11-8-13(22-18-11)10-4-2-1-3-5-10/h1-5,8,12,16H,6-7,9H2,(H,17,19). The molecule has 2 aromatic rings. The molecule has 114 valence electrons. The summed E-state index contributed by atoms with van der Waals surface area (Å²) in [5.74, 6) is 0.0621. The van der Waals surface area contributed by atoms with Gasteiger partial charge in [-0.15, -0.1) is 0 Å². The first-order valence-electron chi connectivity index (χ1n) is 6.94. The summed E-state index contributed by atoms with van der Waals surface area (Å²) in [4.78, 5) is 22.9. The van der Waals surface area contributed by atoms with Gasteiger partial charge in [0, 0.05) is 18.1 Å². The van der Waals surface area contributed by atoms with Crippen LogP contribution in [0, 0.1) is 0 Å². The molecule has 1 unspecified atom stereocenters. The van der Waals surface area contributed by atoms with Gasteiger partial charge in [0.25, 0.3) is 0 Å². The van der Waals surface area contributed by atoms with Crippen LogP contribution in [0.15, 0.2) is 40.9 Å². The Morgan fingerprint density at radius 3 is 2.91 bits per heavy atom. The number of carbonyl (C=O) groups excluding carboxylic acids is 2. The Morgan fingerprint density at radius 2 is 2.18 bits per heavy atom. The van der Waals surface area contributed by atoms with Crippen LogP contribution in [0.3, 0.4) is 0 Å². The van der Waals surface area contributed by atoms with Crippen LogP contribution < -0.4 is 10.9 Å². The molecule has 0 saturated carbocycles. The molecule has 1 fully saturated rings. The fourth-order valence-corrected chi connectivity index (χ4v) is 2.12. The lowest BCUT2D eigenvalue weighted by atomic mass is 10.1. The molecule has 0 aliphatic carbocycles. The highest BCUT2D eigenvalue weighted by molar-refractivity contribution is 5.81. The minimum Gasteiger partial charge on any atom is -0.458 e. The summed E-state index contributed by atoms with van der Waals surface area (Å²) >= 11 is 0. The van der Waals surface area contributed by atoms with E-state index in [1.807, 2.05) is 30.3 Å². The molecule has 2 heterocycles. The van der Waals surface area contributed by atoms with E-state index >= 15 is 0 Å². The van der Waals surface area contributed by atoms with E-state index in [2.05, 4.69) is 16.0 Å². The van der Waals surface area contributed by atoms with Crippen molar-refractivity contribution in [2.45, 2.75) is 25.5 Å². The fourth-order valence-electron chi connectivity index (χ4n) is 2.12. The molecule has 1 aliphatic rings. The van der Waals surface area contributed by atoms with Crippen LogP contribution in [-0.2, 0) is 20.9 Å². The van der Waals surface area contributed by atoms with Crippen LogP contribution >= 0.6 is 0 Å². The van der Waals surface area contributed by atoms with Crippen molar-refractivity contribution in [1.82, 2.24) is 16.0 Å². The summed E-state index contributed by atoms with van der Waals surface area (Å²) < 4.78 is 10.4. The second kappa shape index (κ2) is 6.40. The largest absolute Gasteiger partial charge is 0.458 e. The minimum absolute atomic E-state index is 0.0291. The second-order valence-corrected chi connectivity index (χ2v) is 4.94. The van der Waals surface area contributed by atoms with Crippen molar-refractivity contribution in [1.29, 1.82) is 0 Å². The average Bonchev–Trinajstić information content (AvgIpc) is 3.03. The topological polar surface area (TPSA) is 93.5 Å². The molecule has 0 bridgehead atoms. The summed E-state index contributed by atoms with van der Waals surface area (Å²) in [6.07, 6.45) is 0.716. The van der Waals surface area contributed by atoms with Gasteiger partial charge in [0.05, 0.1) is 0 Å². The van der Waals surface area contributed by atoms with Gasteiger partial charge in [-0.3, -0.25) is 15.0 Å². The van der Waals surface area contributed by atoms with Crippen LogP contribution in [0.5, 0.6) is 0 Å². The normalized spacial score (nSPS) is 17.8. The highest BCUT2D eigenvalue weighted by Crippen LogP contribution is 2.20. The first kappa shape index (κ1) is 14.3. The lowest BCUT2D eigenvalue weighted by Gasteiger charge is -2.21. The zero-order chi connectivity index (χ0) is 15.4. The highest BCUT2D eigenvalue weighted by Gasteiger charge is 2.25. The Hall–Kier alpha value is -2.67. The summed E-state index contributed by atoms with van der Waals surface area (Å²) in [5.41, 5.74) is 6.47. The Kier molecular flexibility index (Phi) is 4.15. The van der Waals surface area contributed by atoms with E-state index in [-0.39, 0.29) is 12.5 Å². The van der Waals surface area contributed by atoms with Gasteiger partial charge in [0.15, 0.2) is 5.76 Å². The number of carbonyl (C=O) groups is 2. The number of hydrogen-bond acceptors (Lipinski definition) is 6. The van der Waals surface area contributed by atoms with Crippen LogP contribution in [-0.4, -0.2) is 23.1 Å². The molecule has 1 saturated heterocycles. The maximum absolute atomic E-state index is 11.9. The van der Waals surface area contributed by atoms with Crippen LogP contribution in [0.25, 0.3) is 11.3 Å². The monoisotopic (exact) mass is 301 g/mol. The summed E-state index contributed by atoms with van der Waals surface area (Å²) in [5, 5.41) is 3.88. The summed E-state index contributed by atoms with van der Waals surface area (Å²) in [7, 11) is 0. The zero-order valence-electron chi connectivity index (χ0n) is 11.7. The number of hydrazine groups is 1. The third kappa shape index (κ3) is 3.32. The number of hydrogen-bond donors (Lipinski definition) is 2. The number of nitrogens with one attached hydrogen (secondary N) is 2. The highest BCUT2D eigenvalue weighted by atomic mass is 16.5. The summed E-state index contributed by atoms with van der Waals surface area (Å²) in [6, 6.07) is 10.7. The lowest BCUT2D eigenvalue weighted by Crippen LogP contribution is -2.53. The van der Waals surface area contributed by atoms with Crippen molar-refractivity contribution in [3.63, 3.8) is 0 Å².